The van der Waals surface area contributed by atoms with Crippen LogP contribution in [0.25, 0.3) is 0 Å². The van der Waals surface area contributed by atoms with Gasteiger partial charge in [-0.05, 0) is 20.3 Å². The molecule has 0 fully saturated rings. The third kappa shape index (κ3) is 2.68. The van der Waals surface area contributed by atoms with Gasteiger partial charge in [0, 0.05) is 17.2 Å². The Kier molecular flexibility index (Phi) is 4.33. The summed E-state index contributed by atoms with van der Waals surface area (Å²) in [6.07, 6.45) is 1.85. The van der Waals surface area contributed by atoms with Crippen molar-refractivity contribution in [2.45, 2.75) is 6.92 Å². The standard InChI is InChI=1S/C6H11NP4/c1-5-6(11(9)10-8)3-2-4-7-5/h2-4,10H,8-9H2,1H3. The Morgan fingerprint density at radius 3 is 2.91 bits per heavy atom. The van der Waals surface area contributed by atoms with E-state index in [0.29, 0.717) is 0 Å². The van der Waals surface area contributed by atoms with Gasteiger partial charge in [-0.3, -0.25) is 4.98 Å². The lowest BCUT2D eigenvalue weighted by Gasteiger charge is -2.10. The Morgan fingerprint density at radius 1 is 1.64 bits per heavy atom. The van der Waals surface area contributed by atoms with Crippen molar-refractivity contribution in [2.24, 2.45) is 0 Å². The van der Waals surface area contributed by atoms with Crippen LogP contribution in [0, 0.1) is 6.92 Å². The summed E-state index contributed by atoms with van der Waals surface area (Å²) >= 11 is 0. The van der Waals surface area contributed by atoms with Gasteiger partial charge in [0.15, 0.2) is 0 Å². The molecule has 4 unspecified atom stereocenters. The van der Waals surface area contributed by atoms with Gasteiger partial charge in [0.25, 0.3) is 0 Å². The van der Waals surface area contributed by atoms with Crippen molar-refractivity contribution in [1.82, 2.24) is 4.98 Å². The number of aromatic nitrogens is 1. The highest BCUT2D eigenvalue weighted by molar-refractivity contribution is 8.63. The van der Waals surface area contributed by atoms with Gasteiger partial charge in [0.2, 0.25) is 0 Å². The summed E-state index contributed by atoms with van der Waals surface area (Å²) in [6, 6.07) is 4.17. The molecule has 0 aliphatic rings. The van der Waals surface area contributed by atoms with Crippen molar-refractivity contribution in [1.29, 1.82) is 0 Å². The lowest BCUT2D eigenvalue weighted by atomic mass is 10.4. The molecular formula is C6H11NP4. The predicted octanol–water partition coefficient (Wildman–Crippen LogP) is 2.67. The smallest absolute Gasteiger partial charge is 0.0456 e. The molecule has 0 spiro atoms. The molecule has 0 aliphatic carbocycles. The zero-order chi connectivity index (χ0) is 8.27. The number of hydrogen-bond donors (Lipinski definition) is 0. The van der Waals surface area contributed by atoms with Crippen LogP contribution in [-0.2, 0) is 0 Å². The Hall–Kier alpha value is 0.870. The predicted molar refractivity (Wildman–Crippen MR) is 63.3 cm³/mol. The summed E-state index contributed by atoms with van der Waals surface area (Å²) in [5.74, 6) is 0. The molecule has 0 aromatic carbocycles. The van der Waals surface area contributed by atoms with E-state index >= 15 is 0 Å². The maximum Gasteiger partial charge on any atom is 0.0456 e. The largest absolute Gasteiger partial charge is 0.261 e. The molecule has 0 saturated carbocycles. The molecule has 11 heavy (non-hydrogen) atoms. The summed E-state index contributed by atoms with van der Waals surface area (Å²) in [5.41, 5.74) is 1.17. The molecule has 0 amide bonds. The Morgan fingerprint density at radius 2 is 2.36 bits per heavy atom. The van der Waals surface area contributed by atoms with Gasteiger partial charge in [-0.15, -0.1) is 17.9 Å². The van der Waals surface area contributed by atoms with E-state index in [2.05, 4.69) is 35.8 Å². The molecule has 4 atom stereocenters. The lowest BCUT2D eigenvalue weighted by Crippen LogP contribution is -2.01. The van der Waals surface area contributed by atoms with Crippen LogP contribution in [0.4, 0.5) is 0 Å². The van der Waals surface area contributed by atoms with Gasteiger partial charge in [-0.1, -0.05) is 14.0 Å². The third-order valence-corrected chi connectivity index (χ3v) is 11.6. The van der Waals surface area contributed by atoms with Crippen molar-refractivity contribution < 1.29 is 0 Å². The maximum atomic E-state index is 4.25. The minimum Gasteiger partial charge on any atom is -0.261 e. The quantitative estimate of drug-likeness (QED) is 0.699. The van der Waals surface area contributed by atoms with Crippen LogP contribution in [0.3, 0.4) is 0 Å². The Bertz CT molecular complexity index is 240. The molecular weight excluding hydrogens is 210 g/mol. The number of pyridine rings is 1. The van der Waals surface area contributed by atoms with E-state index in [1.54, 1.807) is 0 Å². The molecule has 60 valence electrons. The van der Waals surface area contributed by atoms with Gasteiger partial charge in [0.05, 0.1) is 0 Å². The highest BCUT2D eigenvalue weighted by atomic mass is 32.6. The summed E-state index contributed by atoms with van der Waals surface area (Å²) < 4.78 is 0. The second kappa shape index (κ2) is 4.79. The summed E-state index contributed by atoms with van der Waals surface area (Å²) in [5, 5.41) is 1.40. The van der Waals surface area contributed by atoms with Crippen LogP contribution < -0.4 is 5.30 Å². The fraction of sp³-hybridized carbons (Fsp3) is 0.167. The van der Waals surface area contributed by atoms with Crippen LogP contribution in [0.2, 0.25) is 0 Å². The van der Waals surface area contributed by atoms with Crippen molar-refractivity contribution in [3.8, 4) is 0 Å². The van der Waals surface area contributed by atoms with E-state index in [1.807, 2.05) is 12.3 Å². The highest BCUT2D eigenvalue weighted by Crippen LogP contribution is 2.64. The fourth-order valence-corrected chi connectivity index (χ4v) is 4.79. The molecule has 1 heterocycles. The van der Waals surface area contributed by atoms with Crippen molar-refractivity contribution >= 4 is 38.4 Å². The molecule has 0 radical (unpaired) electrons. The molecule has 5 heteroatoms. The maximum absolute atomic E-state index is 4.25. The summed E-state index contributed by atoms with van der Waals surface area (Å²) in [6.45, 7) is 2.07. The molecule has 0 bridgehead atoms. The van der Waals surface area contributed by atoms with Crippen molar-refractivity contribution in [3.05, 3.63) is 24.0 Å². The molecule has 1 nitrogen and oxygen atoms in total. The number of rotatable bonds is 2. The second-order valence-corrected chi connectivity index (χ2v) is 11.2. The van der Waals surface area contributed by atoms with Gasteiger partial charge in [-0.2, -0.15) is 0 Å². The van der Waals surface area contributed by atoms with Gasteiger partial charge >= 0.3 is 0 Å². The van der Waals surface area contributed by atoms with E-state index in [9.17, 15) is 0 Å². The first-order valence-corrected chi connectivity index (χ1v) is 9.79. The highest BCUT2D eigenvalue weighted by Gasteiger charge is 2.04. The first kappa shape index (κ1) is 9.95. The Balaban J connectivity index is 2.93. The van der Waals surface area contributed by atoms with Gasteiger partial charge in [0.1, 0.15) is 0 Å². The van der Waals surface area contributed by atoms with Crippen molar-refractivity contribution in [3.63, 3.8) is 0 Å². The molecule has 0 N–H and O–H groups in total. The molecule has 1 aromatic heterocycles. The molecule has 0 saturated heterocycles. The second-order valence-electron chi connectivity index (χ2n) is 2.11. The van der Waals surface area contributed by atoms with E-state index < -0.39 is 0 Å². The normalized spacial score (nSPS) is 14.1. The van der Waals surface area contributed by atoms with Crippen LogP contribution in [0.15, 0.2) is 18.3 Å². The van der Waals surface area contributed by atoms with E-state index in [1.165, 1.54) is 11.0 Å². The van der Waals surface area contributed by atoms with E-state index in [-0.39, 0.29) is 7.30 Å². The minimum absolute atomic E-state index is 0.0494. The van der Waals surface area contributed by atoms with Crippen LogP contribution >= 0.6 is 33.1 Å². The SMILES string of the molecule is Cc1ncccc1P(P)PP. The van der Waals surface area contributed by atoms with Crippen LogP contribution in [-0.4, -0.2) is 4.98 Å². The zero-order valence-electron chi connectivity index (χ0n) is 6.28. The minimum atomic E-state index is -0.0494. The Labute approximate surface area is 74.8 Å². The number of nitrogens with zero attached hydrogens (tertiary/aromatic N) is 1. The summed E-state index contributed by atoms with van der Waals surface area (Å²) in [7, 11) is 6.56. The molecule has 1 rings (SSSR count). The number of hydrogen-bond acceptors (Lipinski definition) is 1. The van der Waals surface area contributed by atoms with E-state index in [4.69, 9.17) is 0 Å². The summed E-state index contributed by atoms with van der Waals surface area (Å²) in [4.78, 5) is 4.25. The lowest BCUT2D eigenvalue weighted by molar-refractivity contribution is 1.22. The van der Waals surface area contributed by atoms with Crippen LogP contribution in [0.1, 0.15) is 5.69 Å². The van der Waals surface area contributed by atoms with Crippen LogP contribution in [0.5, 0.6) is 0 Å². The number of aryl methyl sites for hydroxylation is 1. The average molecular weight is 221 g/mol. The first-order chi connectivity index (χ1) is 5.25. The van der Waals surface area contributed by atoms with Gasteiger partial charge in [-0.25, -0.2) is 0 Å². The van der Waals surface area contributed by atoms with Crippen molar-refractivity contribution in [2.75, 3.05) is 0 Å². The molecule has 1 aromatic rings. The monoisotopic (exact) mass is 221 g/mol. The third-order valence-electron chi connectivity index (χ3n) is 1.38. The topological polar surface area (TPSA) is 12.9 Å². The zero-order valence-corrected chi connectivity index (χ0v) is 10.5. The van der Waals surface area contributed by atoms with Gasteiger partial charge < -0.3 is 0 Å². The van der Waals surface area contributed by atoms with E-state index in [0.717, 1.165) is 7.96 Å². The molecule has 0 aliphatic heterocycles. The fourth-order valence-electron chi connectivity index (χ4n) is 0.800. The average Bonchev–Trinajstić information content (AvgIpc) is 2.04. The first-order valence-electron chi connectivity index (χ1n) is 3.18.